The van der Waals surface area contributed by atoms with Crippen molar-refractivity contribution in [3.63, 3.8) is 0 Å². The van der Waals surface area contributed by atoms with Gasteiger partial charge in [0, 0.05) is 21.6 Å². The van der Waals surface area contributed by atoms with E-state index in [1.54, 1.807) is 6.33 Å². The summed E-state index contributed by atoms with van der Waals surface area (Å²) in [5.41, 5.74) is 8.64. The molecule has 2 heterocycles. The van der Waals surface area contributed by atoms with Crippen LogP contribution in [0.15, 0.2) is 47.2 Å². The van der Waals surface area contributed by atoms with Crippen LogP contribution in [-0.2, 0) is 0 Å². The van der Waals surface area contributed by atoms with E-state index in [1.165, 1.54) is 25.9 Å². The second-order valence-electron chi connectivity index (χ2n) is 7.65. The first kappa shape index (κ1) is 19.9. The fourth-order valence-electron chi connectivity index (χ4n) is 3.71. The van der Waals surface area contributed by atoms with Crippen LogP contribution in [0.5, 0.6) is 5.75 Å². The first-order valence-corrected chi connectivity index (χ1v) is 10.8. The van der Waals surface area contributed by atoms with E-state index in [0.29, 0.717) is 18.0 Å². The topological polar surface area (TPSA) is 76.3 Å². The molecule has 2 aromatic carbocycles. The summed E-state index contributed by atoms with van der Waals surface area (Å²) in [6, 6.07) is 11.7. The van der Waals surface area contributed by atoms with E-state index in [4.69, 9.17) is 10.5 Å². The molecule has 1 aliphatic heterocycles. The summed E-state index contributed by atoms with van der Waals surface area (Å²) in [5, 5.41) is 4.21. The molecule has 0 amide bonds. The Morgan fingerprint density at radius 3 is 2.83 bits per heavy atom. The van der Waals surface area contributed by atoms with Crippen LogP contribution in [0, 0.1) is 5.92 Å². The number of hydrogen-bond donors (Lipinski definition) is 2. The Balaban J connectivity index is 1.47. The normalized spacial score (nSPS) is 15.5. The Hall–Kier alpha value is -2.38. The van der Waals surface area contributed by atoms with Gasteiger partial charge in [0.25, 0.3) is 0 Å². The lowest BCUT2D eigenvalue weighted by atomic mass is 9.94. The van der Waals surface area contributed by atoms with Crippen LogP contribution >= 0.6 is 15.9 Å². The number of nitrogens with one attached hydrogen (secondary N) is 1. The van der Waals surface area contributed by atoms with Gasteiger partial charge in [-0.2, -0.15) is 0 Å². The van der Waals surface area contributed by atoms with Crippen molar-refractivity contribution in [1.82, 2.24) is 14.9 Å². The molecule has 3 aromatic rings. The predicted octanol–water partition coefficient (Wildman–Crippen LogP) is 4.83. The summed E-state index contributed by atoms with van der Waals surface area (Å²) in [7, 11) is 2.18. The Morgan fingerprint density at radius 2 is 2.03 bits per heavy atom. The van der Waals surface area contributed by atoms with Crippen molar-refractivity contribution in [2.75, 3.05) is 37.8 Å². The lowest BCUT2D eigenvalue weighted by molar-refractivity contribution is 0.188. The van der Waals surface area contributed by atoms with Crippen LogP contribution in [0.25, 0.3) is 10.9 Å². The van der Waals surface area contributed by atoms with Gasteiger partial charge in [-0.3, -0.25) is 0 Å². The summed E-state index contributed by atoms with van der Waals surface area (Å²) in [5.74, 6) is 2.14. The number of likely N-dealkylation sites (tertiary alicyclic amines) is 1. The molecule has 0 unspecified atom stereocenters. The number of anilines is 3. The van der Waals surface area contributed by atoms with Crippen molar-refractivity contribution in [3.05, 3.63) is 47.2 Å². The minimum Gasteiger partial charge on any atom is -0.491 e. The highest BCUT2D eigenvalue weighted by molar-refractivity contribution is 9.10. The smallest absolute Gasteiger partial charge is 0.144 e. The predicted molar refractivity (Wildman–Crippen MR) is 122 cm³/mol. The molecule has 3 N–H and O–H groups in total. The summed E-state index contributed by atoms with van der Waals surface area (Å²) in [4.78, 5) is 11.2. The van der Waals surface area contributed by atoms with Gasteiger partial charge in [-0.15, -0.1) is 0 Å². The van der Waals surface area contributed by atoms with Crippen molar-refractivity contribution in [3.8, 4) is 5.75 Å². The van der Waals surface area contributed by atoms with Crippen LogP contribution in [0.2, 0.25) is 0 Å². The standard InChI is InChI=1S/C22H26BrN5O/c1-28-8-5-15(6-9-28)7-10-29-21-13-20-18(12-19(21)24)22(26-14-25-20)27-17-4-2-3-16(23)11-17/h2-4,11-15H,5-10,24H2,1H3,(H,25,26,27). The molecule has 1 aromatic heterocycles. The maximum absolute atomic E-state index is 6.29. The number of fused-ring (bicyclic) bond motifs is 1. The molecular formula is C22H26BrN5O. The molecule has 1 aliphatic rings. The van der Waals surface area contributed by atoms with E-state index in [2.05, 4.69) is 43.2 Å². The third-order valence-corrected chi connectivity index (χ3v) is 5.97. The number of nitrogen functional groups attached to an aromatic ring is 1. The molecule has 0 saturated carbocycles. The fourth-order valence-corrected chi connectivity index (χ4v) is 4.11. The minimum atomic E-state index is 0.605. The number of ether oxygens (including phenoxy) is 1. The zero-order chi connectivity index (χ0) is 20.2. The van der Waals surface area contributed by atoms with Crippen LogP contribution in [0.4, 0.5) is 17.2 Å². The third-order valence-electron chi connectivity index (χ3n) is 5.48. The molecule has 0 spiro atoms. The third kappa shape index (κ3) is 4.97. The van der Waals surface area contributed by atoms with Gasteiger partial charge in [0.1, 0.15) is 17.9 Å². The Morgan fingerprint density at radius 1 is 1.21 bits per heavy atom. The van der Waals surface area contributed by atoms with Gasteiger partial charge < -0.3 is 20.7 Å². The van der Waals surface area contributed by atoms with Gasteiger partial charge in [0.15, 0.2) is 0 Å². The molecule has 7 heteroatoms. The van der Waals surface area contributed by atoms with E-state index in [1.807, 2.05) is 36.4 Å². The molecule has 6 nitrogen and oxygen atoms in total. The van der Waals surface area contributed by atoms with Gasteiger partial charge in [-0.05, 0) is 69.6 Å². The highest BCUT2D eigenvalue weighted by Gasteiger charge is 2.17. The quantitative estimate of drug-likeness (QED) is 0.518. The van der Waals surface area contributed by atoms with Crippen LogP contribution in [0.3, 0.4) is 0 Å². The molecule has 1 fully saturated rings. The maximum Gasteiger partial charge on any atom is 0.144 e. The molecule has 0 radical (unpaired) electrons. The molecule has 0 atom stereocenters. The molecule has 0 aliphatic carbocycles. The Kier molecular flexibility index (Phi) is 6.16. The minimum absolute atomic E-state index is 0.605. The first-order chi connectivity index (χ1) is 14.1. The molecule has 0 bridgehead atoms. The van der Waals surface area contributed by atoms with E-state index in [-0.39, 0.29) is 0 Å². The van der Waals surface area contributed by atoms with Crippen molar-refractivity contribution in [2.45, 2.75) is 19.3 Å². The van der Waals surface area contributed by atoms with Gasteiger partial charge >= 0.3 is 0 Å². The Labute approximate surface area is 179 Å². The van der Waals surface area contributed by atoms with E-state index < -0.39 is 0 Å². The van der Waals surface area contributed by atoms with E-state index in [9.17, 15) is 0 Å². The van der Waals surface area contributed by atoms with Crippen molar-refractivity contribution >= 4 is 44.0 Å². The van der Waals surface area contributed by atoms with E-state index in [0.717, 1.165) is 39.2 Å². The number of hydrogen-bond acceptors (Lipinski definition) is 6. The number of rotatable bonds is 6. The van der Waals surface area contributed by atoms with Gasteiger partial charge in [0.2, 0.25) is 0 Å². The number of aromatic nitrogens is 2. The van der Waals surface area contributed by atoms with Crippen LogP contribution < -0.4 is 15.8 Å². The second kappa shape index (κ2) is 8.97. The van der Waals surface area contributed by atoms with E-state index >= 15 is 0 Å². The summed E-state index contributed by atoms with van der Waals surface area (Å²) in [6.07, 6.45) is 5.10. The monoisotopic (exact) mass is 455 g/mol. The van der Waals surface area contributed by atoms with Crippen LogP contribution in [-0.4, -0.2) is 41.6 Å². The number of benzene rings is 2. The molecular weight excluding hydrogens is 430 g/mol. The number of piperidine rings is 1. The molecule has 152 valence electrons. The highest BCUT2D eigenvalue weighted by atomic mass is 79.9. The number of nitrogens with two attached hydrogens (primary N) is 1. The zero-order valence-corrected chi connectivity index (χ0v) is 18.2. The van der Waals surface area contributed by atoms with Crippen LogP contribution in [0.1, 0.15) is 19.3 Å². The lowest BCUT2D eigenvalue weighted by Crippen LogP contribution is -2.30. The first-order valence-electron chi connectivity index (χ1n) is 9.96. The van der Waals surface area contributed by atoms with Gasteiger partial charge in [-0.1, -0.05) is 22.0 Å². The Bertz CT molecular complexity index is 988. The van der Waals surface area contributed by atoms with Crippen molar-refractivity contribution < 1.29 is 4.74 Å². The largest absolute Gasteiger partial charge is 0.491 e. The number of nitrogens with zero attached hydrogens (tertiary/aromatic N) is 3. The summed E-state index contributed by atoms with van der Waals surface area (Å²) < 4.78 is 7.02. The van der Waals surface area contributed by atoms with Gasteiger partial charge in [-0.25, -0.2) is 9.97 Å². The lowest BCUT2D eigenvalue weighted by Gasteiger charge is -2.28. The zero-order valence-electron chi connectivity index (χ0n) is 16.6. The van der Waals surface area contributed by atoms with Crippen molar-refractivity contribution in [2.24, 2.45) is 5.92 Å². The SMILES string of the molecule is CN1CCC(CCOc2cc3ncnc(Nc4cccc(Br)c4)c3cc2N)CC1. The average molecular weight is 456 g/mol. The van der Waals surface area contributed by atoms with Gasteiger partial charge in [0.05, 0.1) is 17.8 Å². The average Bonchev–Trinajstić information content (AvgIpc) is 2.70. The molecule has 4 rings (SSSR count). The van der Waals surface area contributed by atoms with Crippen molar-refractivity contribution in [1.29, 1.82) is 0 Å². The summed E-state index contributed by atoms with van der Waals surface area (Å²) in [6.45, 7) is 3.03. The fraction of sp³-hybridized carbons (Fsp3) is 0.364. The molecule has 1 saturated heterocycles. The number of halogens is 1. The molecule has 29 heavy (non-hydrogen) atoms. The highest BCUT2D eigenvalue weighted by Crippen LogP contribution is 2.32. The second-order valence-corrected chi connectivity index (χ2v) is 8.56. The maximum atomic E-state index is 6.29. The summed E-state index contributed by atoms with van der Waals surface area (Å²) >= 11 is 3.49.